The number of nitrogens with one attached hydrogen (secondary N) is 2. The largest absolute Gasteiger partial charge is 0.390 e. The Labute approximate surface area is 188 Å². The summed E-state index contributed by atoms with van der Waals surface area (Å²) in [5.74, 6) is -0.189. The summed E-state index contributed by atoms with van der Waals surface area (Å²) in [6.07, 6.45) is 1.05. The van der Waals surface area contributed by atoms with Crippen LogP contribution in [0.25, 0.3) is 0 Å². The van der Waals surface area contributed by atoms with E-state index in [-0.39, 0.29) is 18.1 Å². The van der Waals surface area contributed by atoms with Crippen LogP contribution in [0.4, 0.5) is 0 Å². The maximum Gasteiger partial charge on any atom is 0.225 e. The van der Waals surface area contributed by atoms with Crippen LogP contribution in [0.3, 0.4) is 0 Å². The van der Waals surface area contributed by atoms with Crippen LogP contribution in [0, 0.1) is 9.49 Å². The van der Waals surface area contributed by atoms with E-state index in [1.165, 1.54) is 0 Å². The highest BCUT2D eigenvalue weighted by Gasteiger charge is 2.50. The summed E-state index contributed by atoms with van der Waals surface area (Å²) in [7, 11) is 0. The molecule has 1 saturated carbocycles. The van der Waals surface area contributed by atoms with Crippen LogP contribution < -0.4 is 10.6 Å². The van der Waals surface area contributed by atoms with Gasteiger partial charge in [-0.1, -0.05) is 12.1 Å². The number of hydrogen-bond donors (Lipinski definition) is 4. The Morgan fingerprint density at radius 3 is 2.97 bits per heavy atom. The summed E-state index contributed by atoms with van der Waals surface area (Å²) < 4.78 is 1.15. The minimum atomic E-state index is -1.12. The molecule has 0 radical (unpaired) electrons. The fourth-order valence-electron chi connectivity index (χ4n) is 4.20. The van der Waals surface area contributed by atoms with Gasteiger partial charge in [0, 0.05) is 10.1 Å². The molecule has 1 amide bonds. The Bertz CT molecular complexity index is 891. The SMILES string of the molecule is CCNC(=O)[C@H]1C[C@@H](N2C=NC3C(=NCc4cccc(I)c4)NC=NC32)[C@H](O)[C@@H]1O. The molecule has 2 aliphatic heterocycles. The maximum atomic E-state index is 12.2. The fourth-order valence-corrected chi connectivity index (χ4v) is 4.80. The second-order valence-electron chi connectivity index (χ2n) is 7.61. The van der Waals surface area contributed by atoms with Gasteiger partial charge in [-0.15, -0.1) is 0 Å². The van der Waals surface area contributed by atoms with Crippen LogP contribution in [0.15, 0.2) is 39.2 Å². The second kappa shape index (κ2) is 8.98. The van der Waals surface area contributed by atoms with Crippen LogP contribution in [-0.2, 0) is 11.3 Å². The average Bonchev–Trinajstić information content (AvgIpc) is 3.28. The van der Waals surface area contributed by atoms with Crippen LogP contribution in [0.5, 0.6) is 0 Å². The Morgan fingerprint density at radius 2 is 2.20 bits per heavy atom. The van der Waals surface area contributed by atoms with Gasteiger partial charge in [-0.3, -0.25) is 14.8 Å². The standard InChI is InChI=1S/C20H25IN6O3/c1-2-22-20(30)13-7-14(17(29)16(13)28)27-10-26-15-18(24-9-25-19(15)27)23-8-11-4-3-5-12(21)6-11/h3-6,9-10,13-17,19,28-29H,2,7-8H2,1H3,(H,22,30)(H,23,24,25)/t13-,14+,15?,16+,17-,19?/m0/s1. The molecule has 1 aliphatic carbocycles. The van der Waals surface area contributed by atoms with Gasteiger partial charge in [0.25, 0.3) is 0 Å². The number of halogens is 1. The third kappa shape index (κ3) is 4.08. The Balaban J connectivity index is 1.48. The monoisotopic (exact) mass is 524 g/mol. The summed E-state index contributed by atoms with van der Waals surface area (Å²) in [5, 5.41) is 26.8. The molecule has 0 aromatic heterocycles. The van der Waals surface area contributed by atoms with Gasteiger partial charge in [-0.05, 0) is 53.6 Å². The molecule has 1 aromatic rings. The molecule has 10 heteroatoms. The van der Waals surface area contributed by atoms with Crippen molar-refractivity contribution in [1.29, 1.82) is 0 Å². The van der Waals surface area contributed by atoms with Crippen molar-refractivity contribution < 1.29 is 15.0 Å². The van der Waals surface area contributed by atoms with Gasteiger partial charge < -0.3 is 25.7 Å². The molecule has 0 saturated heterocycles. The topological polar surface area (TPSA) is 122 Å². The molecule has 6 atom stereocenters. The van der Waals surface area contributed by atoms with Crippen molar-refractivity contribution in [2.45, 2.75) is 50.3 Å². The zero-order chi connectivity index (χ0) is 21.3. The van der Waals surface area contributed by atoms with Crippen molar-refractivity contribution in [1.82, 2.24) is 15.5 Å². The summed E-state index contributed by atoms with van der Waals surface area (Å²) in [5.41, 5.74) is 1.10. The highest BCUT2D eigenvalue weighted by Crippen LogP contribution is 2.34. The summed E-state index contributed by atoms with van der Waals surface area (Å²) in [6, 6.07) is 7.39. The van der Waals surface area contributed by atoms with E-state index >= 15 is 0 Å². The smallest absolute Gasteiger partial charge is 0.225 e. The van der Waals surface area contributed by atoms with Gasteiger partial charge in [0.05, 0.1) is 37.3 Å². The van der Waals surface area contributed by atoms with Crippen molar-refractivity contribution in [2.24, 2.45) is 20.9 Å². The van der Waals surface area contributed by atoms with Gasteiger partial charge in [0.2, 0.25) is 5.91 Å². The quantitative estimate of drug-likeness (QED) is 0.408. The Morgan fingerprint density at radius 1 is 1.37 bits per heavy atom. The number of aliphatic hydroxyl groups is 2. The van der Waals surface area contributed by atoms with Gasteiger partial charge in [0.15, 0.2) is 6.17 Å². The number of rotatable bonds is 5. The predicted molar refractivity (Wildman–Crippen MR) is 122 cm³/mol. The average molecular weight is 524 g/mol. The first-order valence-electron chi connectivity index (χ1n) is 10.0. The summed E-state index contributed by atoms with van der Waals surface area (Å²) in [4.78, 5) is 27.8. The predicted octanol–water partition coefficient (Wildman–Crippen LogP) is 0.106. The third-order valence-electron chi connectivity index (χ3n) is 5.71. The minimum absolute atomic E-state index is 0.243. The first kappa shape index (κ1) is 21.2. The van der Waals surface area contributed by atoms with E-state index < -0.39 is 24.2 Å². The van der Waals surface area contributed by atoms with Crippen molar-refractivity contribution in [3.05, 3.63) is 33.4 Å². The number of hydrogen-bond acceptors (Lipinski definition) is 7. The molecule has 4 rings (SSSR count). The molecule has 1 aromatic carbocycles. The highest BCUT2D eigenvalue weighted by molar-refractivity contribution is 14.1. The first-order valence-corrected chi connectivity index (χ1v) is 11.1. The number of amides is 1. The highest BCUT2D eigenvalue weighted by atomic mass is 127. The van der Waals surface area contributed by atoms with E-state index in [1.807, 2.05) is 30.0 Å². The molecule has 9 nitrogen and oxygen atoms in total. The lowest BCUT2D eigenvalue weighted by molar-refractivity contribution is -0.128. The van der Waals surface area contributed by atoms with E-state index in [2.05, 4.69) is 49.3 Å². The van der Waals surface area contributed by atoms with E-state index in [4.69, 9.17) is 4.99 Å². The van der Waals surface area contributed by atoms with Crippen molar-refractivity contribution in [3.8, 4) is 0 Å². The molecule has 30 heavy (non-hydrogen) atoms. The molecule has 4 N–H and O–H groups in total. The molecule has 160 valence electrons. The maximum absolute atomic E-state index is 12.2. The molecular weight excluding hydrogens is 499 g/mol. The third-order valence-corrected chi connectivity index (χ3v) is 6.38. The molecule has 2 heterocycles. The fraction of sp³-hybridized carbons (Fsp3) is 0.500. The van der Waals surface area contributed by atoms with Crippen LogP contribution in [0.2, 0.25) is 0 Å². The number of amidine groups is 1. The zero-order valence-electron chi connectivity index (χ0n) is 16.5. The van der Waals surface area contributed by atoms with E-state index in [0.717, 1.165) is 9.13 Å². The molecule has 1 fully saturated rings. The van der Waals surface area contributed by atoms with Gasteiger partial charge in [0.1, 0.15) is 18.0 Å². The van der Waals surface area contributed by atoms with Gasteiger partial charge in [-0.25, -0.2) is 4.99 Å². The van der Waals surface area contributed by atoms with Gasteiger partial charge in [-0.2, -0.15) is 0 Å². The lowest BCUT2D eigenvalue weighted by atomic mass is 10.0. The van der Waals surface area contributed by atoms with Gasteiger partial charge >= 0.3 is 0 Å². The van der Waals surface area contributed by atoms with Crippen LogP contribution in [-0.4, -0.2) is 76.5 Å². The number of fused-ring (bicyclic) bond motifs is 1. The zero-order valence-corrected chi connectivity index (χ0v) is 18.7. The molecular formula is C20H25IN6O3. The molecule has 2 unspecified atom stereocenters. The number of aliphatic hydroxyl groups excluding tert-OH is 2. The number of carbonyl (C=O) groups is 1. The number of aliphatic imine (C=N–C) groups is 3. The molecule has 3 aliphatic rings. The van der Waals surface area contributed by atoms with Crippen molar-refractivity contribution >= 4 is 47.0 Å². The number of carbonyl (C=O) groups excluding carboxylic acids is 1. The van der Waals surface area contributed by atoms with Crippen molar-refractivity contribution in [2.75, 3.05) is 6.54 Å². The lowest BCUT2D eigenvalue weighted by Crippen LogP contribution is -2.53. The van der Waals surface area contributed by atoms with Crippen LogP contribution in [0.1, 0.15) is 18.9 Å². The minimum Gasteiger partial charge on any atom is -0.390 e. The van der Waals surface area contributed by atoms with Crippen LogP contribution >= 0.6 is 22.6 Å². The second-order valence-corrected chi connectivity index (χ2v) is 8.86. The Hall–Kier alpha value is -2.05. The lowest BCUT2D eigenvalue weighted by Gasteiger charge is -2.33. The summed E-state index contributed by atoms with van der Waals surface area (Å²) in [6.45, 7) is 2.83. The van der Waals surface area contributed by atoms with E-state index in [1.54, 1.807) is 12.7 Å². The molecule has 0 bridgehead atoms. The summed E-state index contributed by atoms with van der Waals surface area (Å²) >= 11 is 2.28. The normalized spacial score (nSPS) is 33.6. The van der Waals surface area contributed by atoms with E-state index in [0.29, 0.717) is 25.3 Å². The first-order chi connectivity index (χ1) is 14.5. The van der Waals surface area contributed by atoms with Crippen molar-refractivity contribution in [3.63, 3.8) is 0 Å². The van der Waals surface area contributed by atoms with E-state index in [9.17, 15) is 15.0 Å². The number of nitrogens with zero attached hydrogens (tertiary/aromatic N) is 4. The number of benzene rings is 1. The molecule has 0 spiro atoms. The Kier molecular flexibility index (Phi) is 6.34.